The van der Waals surface area contributed by atoms with Gasteiger partial charge >= 0.3 is 0 Å². The van der Waals surface area contributed by atoms with Gasteiger partial charge in [-0.3, -0.25) is 0 Å². The standard InChI is InChI=1S/C9H20OSi/c1-5-6-7-8-9-11(3,4)10-2/h5-6H,7-9H2,1-4H3. The van der Waals surface area contributed by atoms with Gasteiger partial charge in [0.1, 0.15) is 0 Å². The Kier molecular flexibility index (Phi) is 5.51. The maximum atomic E-state index is 5.43. The summed E-state index contributed by atoms with van der Waals surface area (Å²) in [6, 6.07) is 1.27. The van der Waals surface area contributed by atoms with E-state index in [9.17, 15) is 0 Å². The summed E-state index contributed by atoms with van der Waals surface area (Å²) in [4.78, 5) is 0. The first kappa shape index (κ1) is 10.9. The molecule has 0 unspecified atom stereocenters. The molecule has 0 radical (unpaired) electrons. The summed E-state index contributed by atoms with van der Waals surface area (Å²) in [5, 5.41) is 0. The number of unbranched alkanes of at least 4 members (excludes halogenated alkanes) is 1. The second kappa shape index (κ2) is 5.55. The van der Waals surface area contributed by atoms with Gasteiger partial charge in [-0.1, -0.05) is 18.6 Å². The van der Waals surface area contributed by atoms with Crippen molar-refractivity contribution >= 4 is 8.32 Å². The van der Waals surface area contributed by atoms with Gasteiger partial charge in [0.2, 0.25) is 0 Å². The first-order chi connectivity index (χ1) is 5.12. The summed E-state index contributed by atoms with van der Waals surface area (Å²) < 4.78 is 5.43. The van der Waals surface area contributed by atoms with E-state index in [1.165, 1.54) is 18.9 Å². The van der Waals surface area contributed by atoms with E-state index in [0.29, 0.717) is 0 Å². The van der Waals surface area contributed by atoms with Crippen molar-refractivity contribution in [3.05, 3.63) is 12.2 Å². The zero-order valence-electron chi connectivity index (χ0n) is 8.18. The maximum Gasteiger partial charge on any atom is 0.186 e. The highest BCUT2D eigenvalue weighted by Gasteiger charge is 2.18. The fourth-order valence-electron chi connectivity index (χ4n) is 0.914. The molecule has 0 aliphatic heterocycles. The molecule has 0 heterocycles. The molecule has 2 heteroatoms. The van der Waals surface area contributed by atoms with E-state index in [2.05, 4.69) is 32.2 Å². The Hall–Kier alpha value is -0.0831. The fourth-order valence-corrected chi connectivity index (χ4v) is 2.17. The predicted octanol–water partition coefficient (Wildman–Crippen LogP) is 3.19. The average Bonchev–Trinajstić information content (AvgIpc) is 1.99. The Morgan fingerprint density at radius 3 is 2.45 bits per heavy atom. The molecule has 0 atom stereocenters. The van der Waals surface area contributed by atoms with Crippen LogP contribution >= 0.6 is 0 Å². The highest BCUT2D eigenvalue weighted by molar-refractivity contribution is 6.71. The molecule has 1 nitrogen and oxygen atoms in total. The monoisotopic (exact) mass is 172 g/mol. The van der Waals surface area contributed by atoms with Gasteiger partial charge in [0.15, 0.2) is 8.32 Å². The molecule has 0 aromatic rings. The number of hydrogen-bond acceptors (Lipinski definition) is 1. The minimum Gasteiger partial charge on any atom is -0.420 e. The van der Waals surface area contributed by atoms with Crippen molar-refractivity contribution in [2.45, 2.75) is 38.9 Å². The summed E-state index contributed by atoms with van der Waals surface area (Å²) in [6.07, 6.45) is 6.81. The topological polar surface area (TPSA) is 9.23 Å². The number of hydrogen-bond donors (Lipinski definition) is 0. The first-order valence-corrected chi connectivity index (χ1v) is 7.40. The van der Waals surface area contributed by atoms with Gasteiger partial charge in [0.05, 0.1) is 0 Å². The summed E-state index contributed by atoms with van der Waals surface area (Å²) in [5.74, 6) is 0. The van der Waals surface area contributed by atoms with Crippen LogP contribution in [0.1, 0.15) is 19.8 Å². The number of allylic oxidation sites excluding steroid dienone is 2. The molecular formula is C9H20OSi. The summed E-state index contributed by atoms with van der Waals surface area (Å²) in [7, 11) is 0.574. The maximum absolute atomic E-state index is 5.43. The summed E-state index contributed by atoms with van der Waals surface area (Å²) in [5.41, 5.74) is 0. The lowest BCUT2D eigenvalue weighted by atomic mass is 10.3. The Balaban J connectivity index is 3.37. The van der Waals surface area contributed by atoms with Gasteiger partial charge in [0, 0.05) is 7.11 Å². The first-order valence-electron chi connectivity index (χ1n) is 4.28. The molecule has 0 saturated heterocycles. The third-order valence-electron chi connectivity index (χ3n) is 1.94. The molecule has 0 aliphatic carbocycles. The van der Waals surface area contributed by atoms with Crippen LogP contribution in [0.3, 0.4) is 0 Å². The van der Waals surface area contributed by atoms with Crippen molar-refractivity contribution in [3.63, 3.8) is 0 Å². The van der Waals surface area contributed by atoms with Crippen LogP contribution in [0.25, 0.3) is 0 Å². The van der Waals surface area contributed by atoms with Crippen LogP contribution in [0.2, 0.25) is 19.1 Å². The summed E-state index contributed by atoms with van der Waals surface area (Å²) in [6.45, 7) is 6.60. The van der Waals surface area contributed by atoms with Gasteiger partial charge in [-0.05, 0) is 32.5 Å². The summed E-state index contributed by atoms with van der Waals surface area (Å²) >= 11 is 0. The Labute approximate surface area is 71.6 Å². The molecule has 0 N–H and O–H groups in total. The SMILES string of the molecule is CC=CCCC[Si](C)(C)OC. The normalized spacial score (nSPS) is 12.7. The second-order valence-corrected chi connectivity index (χ2v) is 7.85. The molecule has 0 aromatic heterocycles. The molecule has 0 spiro atoms. The van der Waals surface area contributed by atoms with Crippen molar-refractivity contribution in [2.75, 3.05) is 7.11 Å². The van der Waals surface area contributed by atoms with Gasteiger partial charge in [-0.2, -0.15) is 0 Å². The lowest BCUT2D eigenvalue weighted by molar-refractivity contribution is 0.402. The van der Waals surface area contributed by atoms with Gasteiger partial charge in [-0.25, -0.2) is 0 Å². The molecule has 66 valence electrons. The molecular weight excluding hydrogens is 152 g/mol. The Bertz CT molecular complexity index is 119. The van der Waals surface area contributed by atoms with E-state index in [4.69, 9.17) is 4.43 Å². The van der Waals surface area contributed by atoms with E-state index in [0.717, 1.165) is 0 Å². The van der Waals surface area contributed by atoms with Crippen LogP contribution in [0.4, 0.5) is 0 Å². The molecule has 0 amide bonds. The van der Waals surface area contributed by atoms with Crippen LogP contribution in [0.15, 0.2) is 12.2 Å². The highest BCUT2D eigenvalue weighted by Crippen LogP contribution is 2.13. The Morgan fingerprint density at radius 1 is 1.36 bits per heavy atom. The highest BCUT2D eigenvalue weighted by atomic mass is 28.4. The predicted molar refractivity (Wildman–Crippen MR) is 53.3 cm³/mol. The third kappa shape index (κ3) is 6.32. The molecule has 0 aliphatic rings. The molecule has 11 heavy (non-hydrogen) atoms. The smallest absolute Gasteiger partial charge is 0.186 e. The van der Waals surface area contributed by atoms with E-state index < -0.39 is 8.32 Å². The van der Waals surface area contributed by atoms with Crippen molar-refractivity contribution in [1.82, 2.24) is 0 Å². The van der Waals surface area contributed by atoms with E-state index in [1.54, 1.807) is 0 Å². The zero-order chi connectivity index (χ0) is 8.74. The second-order valence-electron chi connectivity index (χ2n) is 3.43. The van der Waals surface area contributed by atoms with Crippen LogP contribution in [-0.4, -0.2) is 15.4 Å². The van der Waals surface area contributed by atoms with Crippen molar-refractivity contribution in [2.24, 2.45) is 0 Å². The van der Waals surface area contributed by atoms with Crippen molar-refractivity contribution < 1.29 is 4.43 Å². The van der Waals surface area contributed by atoms with Crippen molar-refractivity contribution in [3.8, 4) is 0 Å². The van der Waals surface area contributed by atoms with Crippen LogP contribution in [-0.2, 0) is 4.43 Å². The fraction of sp³-hybridized carbons (Fsp3) is 0.778. The largest absolute Gasteiger partial charge is 0.420 e. The van der Waals surface area contributed by atoms with Gasteiger partial charge < -0.3 is 4.43 Å². The molecule has 0 bridgehead atoms. The van der Waals surface area contributed by atoms with E-state index in [1.807, 2.05) is 7.11 Å². The average molecular weight is 172 g/mol. The lowest BCUT2D eigenvalue weighted by Gasteiger charge is -2.18. The molecule has 0 rings (SSSR count). The Morgan fingerprint density at radius 2 is 2.00 bits per heavy atom. The quantitative estimate of drug-likeness (QED) is 0.351. The molecule has 0 saturated carbocycles. The lowest BCUT2D eigenvalue weighted by Crippen LogP contribution is -2.27. The van der Waals surface area contributed by atoms with E-state index >= 15 is 0 Å². The van der Waals surface area contributed by atoms with Gasteiger partial charge in [-0.15, -0.1) is 0 Å². The van der Waals surface area contributed by atoms with Crippen LogP contribution in [0, 0.1) is 0 Å². The van der Waals surface area contributed by atoms with Crippen LogP contribution in [0.5, 0.6) is 0 Å². The molecule has 0 fully saturated rings. The number of rotatable bonds is 5. The van der Waals surface area contributed by atoms with E-state index in [-0.39, 0.29) is 0 Å². The van der Waals surface area contributed by atoms with Gasteiger partial charge in [0.25, 0.3) is 0 Å². The minimum atomic E-state index is -1.26. The van der Waals surface area contributed by atoms with Crippen molar-refractivity contribution in [1.29, 1.82) is 0 Å². The molecule has 0 aromatic carbocycles. The zero-order valence-corrected chi connectivity index (χ0v) is 9.18. The third-order valence-corrected chi connectivity index (χ3v) is 4.60. The minimum absolute atomic E-state index is 1.20. The van der Waals surface area contributed by atoms with Crippen LogP contribution < -0.4 is 0 Å².